The lowest BCUT2D eigenvalue weighted by Crippen LogP contribution is -2.33. The molecular formula is C26H32N6O2. The van der Waals surface area contributed by atoms with Crippen LogP contribution in [0.5, 0.6) is 0 Å². The fraction of sp³-hybridized carbons (Fsp3) is 0.462. The fourth-order valence-electron chi connectivity index (χ4n) is 5.22. The number of para-hydroxylation sites is 1. The van der Waals surface area contributed by atoms with Crippen molar-refractivity contribution in [1.29, 1.82) is 0 Å². The van der Waals surface area contributed by atoms with Crippen LogP contribution >= 0.6 is 0 Å². The molecule has 3 heterocycles. The molecule has 0 radical (unpaired) electrons. The second-order valence-electron chi connectivity index (χ2n) is 9.37. The monoisotopic (exact) mass is 460 g/mol. The number of aryl methyl sites for hydroxylation is 1. The third-order valence-electron chi connectivity index (χ3n) is 6.97. The summed E-state index contributed by atoms with van der Waals surface area (Å²) >= 11 is 0. The van der Waals surface area contributed by atoms with E-state index < -0.39 is 0 Å². The normalized spacial score (nSPS) is 15.5. The Labute approximate surface area is 199 Å². The summed E-state index contributed by atoms with van der Waals surface area (Å²) in [7, 11) is 0. The van der Waals surface area contributed by atoms with Crippen LogP contribution in [0.15, 0.2) is 51.9 Å². The molecule has 1 aliphatic rings. The number of fused-ring (bicyclic) bond motifs is 1. The average molecular weight is 461 g/mol. The number of tetrazole rings is 1. The third kappa shape index (κ3) is 4.55. The molecule has 1 saturated carbocycles. The zero-order valence-corrected chi connectivity index (χ0v) is 19.9. The Hall–Kier alpha value is -3.26. The molecule has 0 unspecified atom stereocenters. The Kier molecular flexibility index (Phi) is 6.58. The first-order chi connectivity index (χ1) is 16.6. The molecule has 178 valence electrons. The maximum absolute atomic E-state index is 13.1. The van der Waals surface area contributed by atoms with Gasteiger partial charge in [0.15, 0.2) is 5.82 Å². The Morgan fingerprint density at radius 3 is 2.82 bits per heavy atom. The maximum atomic E-state index is 13.1. The van der Waals surface area contributed by atoms with E-state index in [9.17, 15) is 4.79 Å². The van der Waals surface area contributed by atoms with E-state index in [0.717, 1.165) is 59.3 Å². The highest BCUT2D eigenvalue weighted by Gasteiger charge is 2.30. The van der Waals surface area contributed by atoms with Gasteiger partial charge in [-0.05, 0) is 65.8 Å². The van der Waals surface area contributed by atoms with E-state index in [1.807, 2.05) is 48.0 Å². The Bertz CT molecular complexity index is 1290. The van der Waals surface area contributed by atoms with Crippen LogP contribution in [0.3, 0.4) is 0 Å². The Morgan fingerprint density at radius 2 is 2.06 bits per heavy atom. The second-order valence-corrected chi connectivity index (χ2v) is 9.37. The smallest absolute Gasteiger partial charge is 0.252 e. The lowest BCUT2D eigenvalue weighted by Gasteiger charge is -2.31. The van der Waals surface area contributed by atoms with Gasteiger partial charge in [-0.1, -0.05) is 44.4 Å². The highest BCUT2D eigenvalue weighted by molar-refractivity contribution is 5.81. The molecule has 3 aromatic heterocycles. The summed E-state index contributed by atoms with van der Waals surface area (Å²) in [5.41, 5.74) is 2.62. The number of hydrogen-bond acceptors (Lipinski definition) is 6. The predicted molar refractivity (Wildman–Crippen MR) is 130 cm³/mol. The van der Waals surface area contributed by atoms with E-state index >= 15 is 0 Å². The minimum absolute atomic E-state index is 0.0293. The van der Waals surface area contributed by atoms with Crippen LogP contribution in [0.4, 0.5) is 0 Å². The van der Waals surface area contributed by atoms with Crippen molar-refractivity contribution >= 4 is 10.9 Å². The number of nitrogens with one attached hydrogen (secondary N) is 1. The first-order valence-corrected chi connectivity index (χ1v) is 12.3. The zero-order chi connectivity index (χ0) is 23.5. The van der Waals surface area contributed by atoms with Crippen LogP contribution in [-0.4, -0.2) is 30.1 Å². The molecule has 0 aliphatic heterocycles. The summed E-state index contributed by atoms with van der Waals surface area (Å²) in [6.45, 7) is 5.23. The number of furan rings is 1. The van der Waals surface area contributed by atoms with E-state index in [1.165, 1.54) is 12.8 Å². The number of hydrogen-bond donors (Lipinski definition) is 1. The van der Waals surface area contributed by atoms with Crippen LogP contribution in [0.2, 0.25) is 0 Å². The predicted octanol–water partition coefficient (Wildman–Crippen LogP) is 5.07. The molecule has 5 rings (SSSR count). The summed E-state index contributed by atoms with van der Waals surface area (Å²) in [5, 5.41) is 14.0. The van der Waals surface area contributed by atoms with Crippen LogP contribution in [0.25, 0.3) is 10.9 Å². The van der Waals surface area contributed by atoms with Crippen molar-refractivity contribution in [2.45, 2.75) is 77.5 Å². The number of pyridine rings is 1. The molecule has 1 N–H and O–H groups in total. The van der Waals surface area contributed by atoms with E-state index in [2.05, 4.69) is 32.3 Å². The minimum Gasteiger partial charge on any atom is -0.468 e. The van der Waals surface area contributed by atoms with Gasteiger partial charge in [0.1, 0.15) is 5.76 Å². The van der Waals surface area contributed by atoms with Crippen molar-refractivity contribution in [3.8, 4) is 0 Å². The van der Waals surface area contributed by atoms with Gasteiger partial charge in [-0.3, -0.25) is 9.69 Å². The number of benzene rings is 1. The fourth-order valence-corrected chi connectivity index (χ4v) is 5.22. The number of aromatic nitrogens is 5. The van der Waals surface area contributed by atoms with Crippen molar-refractivity contribution in [2.24, 2.45) is 0 Å². The number of H-pyrrole nitrogens is 1. The number of rotatable bonds is 9. The SMILES string of the molecule is CCC[C@@H](c1nnnn1C1CCCC1)N(Cc1ccco1)Cc1cc2cccc(C)c2[nH]c1=O. The van der Waals surface area contributed by atoms with Crippen molar-refractivity contribution in [3.05, 3.63) is 75.7 Å². The molecule has 1 aromatic carbocycles. The molecule has 1 atom stereocenters. The summed E-state index contributed by atoms with van der Waals surface area (Å²) in [6, 6.07) is 12.3. The number of nitrogens with zero attached hydrogens (tertiary/aromatic N) is 5. The molecule has 1 fully saturated rings. The van der Waals surface area contributed by atoms with Gasteiger partial charge in [0.2, 0.25) is 0 Å². The summed E-state index contributed by atoms with van der Waals surface area (Å²) < 4.78 is 7.75. The summed E-state index contributed by atoms with van der Waals surface area (Å²) in [4.78, 5) is 18.5. The van der Waals surface area contributed by atoms with Crippen molar-refractivity contribution in [3.63, 3.8) is 0 Å². The molecule has 0 bridgehead atoms. The molecule has 4 aromatic rings. The minimum atomic E-state index is -0.0584. The van der Waals surface area contributed by atoms with Gasteiger partial charge in [-0.25, -0.2) is 4.68 Å². The van der Waals surface area contributed by atoms with Crippen LogP contribution in [0.1, 0.15) is 80.2 Å². The first-order valence-electron chi connectivity index (χ1n) is 12.3. The topological polar surface area (TPSA) is 92.8 Å². The van der Waals surface area contributed by atoms with Crippen molar-refractivity contribution in [2.75, 3.05) is 0 Å². The van der Waals surface area contributed by atoms with Crippen LogP contribution < -0.4 is 5.56 Å². The largest absolute Gasteiger partial charge is 0.468 e. The van der Waals surface area contributed by atoms with Crippen LogP contribution in [-0.2, 0) is 13.1 Å². The van der Waals surface area contributed by atoms with Gasteiger partial charge >= 0.3 is 0 Å². The molecule has 0 amide bonds. The first kappa shape index (κ1) is 22.5. The van der Waals surface area contributed by atoms with Crippen LogP contribution in [0, 0.1) is 6.92 Å². The molecule has 1 aliphatic carbocycles. The van der Waals surface area contributed by atoms with Gasteiger partial charge < -0.3 is 9.40 Å². The van der Waals surface area contributed by atoms with Crippen molar-refractivity contribution < 1.29 is 4.42 Å². The van der Waals surface area contributed by atoms with Gasteiger partial charge in [0.25, 0.3) is 5.56 Å². The average Bonchev–Trinajstić information content (AvgIpc) is 3.60. The number of aromatic amines is 1. The highest BCUT2D eigenvalue weighted by Crippen LogP contribution is 2.34. The highest BCUT2D eigenvalue weighted by atomic mass is 16.3. The third-order valence-corrected chi connectivity index (χ3v) is 6.97. The van der Waals surface area contributed by atoms with E-state index in [4.69, 9.17) is 4.42 Å². The van der Waals surface area contributed by atoms with Gasteiger partial charge in [-0.15, -0.1) is 5.10 Å². The van der Waals surface area contributed by atoms with E-state index in [1.54, 1.807) is 6.26 Å². The van der Waals surface area contributed by atoms with Crippen molar-refractivity contribution in [1.82, 2.24) is 30.1 Å². The molecule has 0 saturated heterocycles. The second kappa shape index (κ2) is 9.93. The Morgan fingerprint density at radius 1 is 1.21 bits per heavy atom. The quantitative estimate of drug-likeness (QED) is 0.375. The van der Waals surface area contributed by atoms with Gasteiger partial charge in [-0.2, -0.15) is 0 Å². The lowest BCUT2D eigenvalue weighted by molar-refractivity contribution is 0.142. The molecule has 8 heteroatoms. The lowest BCUT2D eigenvalue weighted by atomic mass is 10.1. The van der Waals surface area contributed by atoms with E-state index in [0.29, 0.717) is 19.1 Å². The Balaban J connectivity index is 1.54. The van der Waals surface area contributed by atoms with Gasteiger partial charge in [0, 0.05) is 12.1 Å². The molecule has 34 heavy (non-hydrogen) atoms. The molecular weight excluding hydrogens is 428 g/mol. The molecule has 8 nitrogen and oxygen atoms in total. The maximum Gasteiger partial charge on any atom is 0.252 e. The molecule has 0 spiro atoms. The summed E-state index contributed by atoms with van der Waals surface area (Å²) in [5.74, 6) is 1.74. The standard InChI is InChI=1S/C26H32N6O2/c1-3-8-23(25-28-29-30-32(25)21-11-4-5-12-21)31(17-22-13-7-14-34-22)16-20-15-19-10-6-9-18(2)24(19)27-26(20)33/h6-7,9-10,13-15,21,23H,3-5,8,11-12,16-17H2,1-2H3,(H,27,33)/t23-/m0/s1. The van der Waals surface area contributed by atoms with E-state index in [-0.39, 0.29) is 11.6 Å². The summed E-state index contributed by atoms with van der Waals surface area (Å²) in [6.07, 6.45) is 8.20. The van der Waals surface area contributed by atoms with Gasteiger partial charge in [0.05, 0.1) is 30.4 Å². The zero-order valence-electron chi connectivity index (χ0n) is 19.9.